The number of aliphatic imine (C=N–C) groups is 1. The Morgan fingerprint density at radius 3 is 2.59 bits per heavy atom. The molecule has 0 saturated carbocycles. The smallest absolute Gasteiger partial charge is 0.162 e. The summed E-state index contributed by atoms with van der Waals surface area (Å²) in [6, 6.07) is 19.5. The minimum absolute atomic E-state index is 0.146. The molecule has 0 radical (unpaired) electrons. The van der Waals surface area contributed by atoms with Crippen LogP contribution < -0.4 is 14.8 Å². The van der Waals surface area contributed by atoms with Crippen molar-refractivity contribution in [3.05, 3.63) is 86.3 Å². The van der Waals surface area contributed by atoms with Gasteiger partial charge in [0.2, 0.25) is 0 Å². The molecule has 0 fully saturated rings. The Labute approximate surface area is 204 Å². The van der Waals surface area contributed by atoms with Crippen LogP contribution in [0.1, 0.15) is 42.2 Å². The number of nitrogens with one attached hydrogen (secondary N) is 1. The normalized spacial score (nSPS) is 18.2. The summed E-state index contributed by atoms with van der Waals surface area (Å²) in [6.07, 6.45) is 0.341. The van der Waals surface area contributed by atoms with Crippen LogP contribution in [0.5, 0.6) is 17.2 Å². The molecule has 2 N–H and O–H groups in total. The lowest BCUT2D eigenvalue weighted by Crippen LogP contribution is -2.33. The molecule has 0 amide bonds. The molecule has 1 heterocycles. The van der Waals surface area contributed by atoms with Crippen LogP contribution in [0.3, 0.4) is 0 Å². The number of benzene rings is 3. The number of ether oxygens (including phenoxy) is 2. The Bertz CT molecular complexity index is 1150. The van der Waals surface area contributed by atoms with Gasteiger partial charge in [-0.05, 0) is 64.3 Å². The number of para-hydroxylation sites is 1. The fraction of sp³-hybridized carbons (Fsp3) is 0.240. The third-order valence-electron chi connectivity index (χ3n) is 5.40. The number of hydrogen-bond donors (Lipinski definition) is 2. The van der Waals surface area contributed by atoms with Gasteiger partial charge in [-0.25, -0.2) is 0 Å². The number of phenols is 1. The van der Waals surface area contributed by atoms with Crippen LogP contribution in [0.15, 0.2) is 74.6 Å². The van der Waals surface area contributed by atoms with Crippen molar-refractivity contribution in [2.75, 3.05) is 13.7 Å². The summed E-state index contributed by atoms with van der Waals surface area (Å²) in [5, 5.41) is 14.5. The monoisotopic (exact) mass is 558 g/mol. The van der Waals surface area contributed by atoms with Gasteiger partial charge in [0.1, 0.15) is 11.9 Å². The van der Waals surface area contributed by atoms with Crippen LogP contribution >= 0.6 is 31.9 Å². The molecule has 32 heavy (non-hydrogen) atoms. The molecule has 0 unspecified atom stereocenters. The zero-order valence-corrected chi connectivity index (χ0v) is 21.0. The predicted octanol–water partition coefficient (Wildman–Crippen LogP) is 6.55. The van der Waals surface area contributed by atoms with Gasteiger partial charge in [0.05, 0.1) is 18.2 Å². The molecule has 0 saturated heterocycles. The van der Waals surface area contributed by atoms with E-state index in [2.05, 4.69) is 49.3 Å². The number of rotatable bonds is 6. The summed E-state index contributed by atoms with van der Waals surface area (Å²) in [5.74, 6) is 1.42. The standard InChI is InChI=1S/C25H24Br2N2O3/c1-3-32-23-9-5-8-18(24(23)30)21-14-20(15-6-4-7-17(26)12-15)28-25(29-21)16-10-11-22(31-2)19(27)13-16/h4-13,21,25,29-30H,3,14H2,1-2H3/t21-,25-/m0/s1. The Morgan fingerprint density at radius 1 is 1.06 bits per heavy atom. The largest absolute Gasteiger partial charge is 0.504 e. The minimum atomic E-state index is -0.292. The van der Waals surface area contributed by atoms with E-state index in [0.29, 0.717) is 18.8 Å². The van der Waals surface area contributed by atoms with E-state index in [-0.39, 0.29) is 18.0 Å². The highest BCUT2D eigenvalue weighted by Gasteiger charge is 2.29. The molecule has 1 aliphatic heterocycles. The predicted molar refractivity (Wildman–Crippen MR) is 134 cm³/mol. The van der Waals surface area contributed by atoms with Crippen LogP contribution in [0.2, 0.25) is 0 Å². The van der Waals surface area contributed by atoms with Crippen molar-refractivity contribution < 1.29 is 14.6 Å². The van der Waals surface area contributed by atoms with Crippen LogP contribution in [0, 0.1) is 0 Å². The van der Waals surface area contributed by atoms with Crippen LogP contribution in [0.4, 0.5) is 0 Å². The summed E-state index contributed by atoms with van der Waals surface area (Å²) < 4.78 is 12.9. The fourth-order valence-electron chi connectivity index (χ4n) is 3.86. The number of nitrogens with zero attached hydrogens (tertiary/aromatic N) is 1. The Morgan fingerprint density at radius 2 is 1.88 bits per heavy atom. The first-order valence-corrected chi connectivity index (χ1v) is 12.0. The molecular formula is C25H24Br2N2O3. The lowest BCUT2D eigenvalue weighted by atomic mass is 9.93. The Kier molecular flexibility index (Phi) is 7.18. The lowest BCUT2D eigenvalue weighted by Gasteiger charge is -2.31. The van der Waals surface area contributed by atoms with Crippen molar-refractivity contribution >= 4 is 37.6 Å². The molecule has 3 aromatic rings. The van der Waals surface area contributed by atoms with Gasteiger partial charge in [-0.15, -0.1) is 0 Å². The third kappa shape index (κ3) is 4.85. The summed E-state index contributed by atoms with van der Waals surface area (Å²) in [7, 11) is 1.65. The fourth-order valence-corrected chi connectivity index (χ4v) is 4.82. The Balaban J connectivity index is 1.77. The second-order valence-electron chi connectivity index (χ2n) is 7.43. The van der Waals surface area contributed by atoms with E-state index in [0.717, 1.165) is 37.1 Å². The van der Waals surface area contributed by atoms with Gasteiger partial charge in [-0.2, -0.15) is 0 Å². The molecule has 0 aliphatic carbocycles. The van der Waals surface area contributed by atoms with Gasteiger partial charge in [0, 0.05) is 28.2 Å². The highest BCUT2D eigenvalue weighted by molar-refractivity contribution is 9.10. The number of halogens is 2. The average molecular weight is 560 g/mol. The van der Waals surface area contributed by atoms with E-state index in [1.807, 2.05) is 49.4 Å². The summed E-state index contributed by atoms with van der Waals surface area (Å²) in [4.78, 5) is 5.03. The quantitative estimate of drug-likeness (QED) is 0.359. The average Bonchev–Trinajstić information content (AvgIpc) is 2.80. The zero-order valence-electron chi connectivity index (χ0n) is 17.8. The van der Waals surface area contributed by atoms with Gasteiger partial charge in [0.15, 0.2) is 11.5 Å². The minimum Gasteiger partial charge on any atom is -0.504 e. The van der Waals surface area contributed by atoms with Gasteiger partial charge in [-0.1, -0.05) is 46.3 Å². The number of aromatic hydroxyl groups is 1. The summed E-state index contributed by atoms with van der Waals surface area (Å²) in [5.41, 5.74) is 3.79. The highest BCUT2D eigenvalue weighted by Crippen LogP contribution is 2.39. The van der Waals surface area contributed by atoms with Gasteiger partial charge in [-0.3, -0.25) is 10.3 Å². The van der Waals surface area contributed by atoms with E-state index in [1.165, 1.54) is 0 Å². The molecule has 0 bridgehead atoms. The number of methoxy groups -OCH3 is 1. The van der Waals surface area contributed by atoms with Crippen molar-refractivity contribution in [3.8, 4) is 17.2 Å². The van der Waals surface area contributed by atoms with Crippen molar-refractivity contribution in [1.29, 1.82) is 0 Å². The molecule has 3 aromatic carbocycles. The highest BCUT2D eigenvalue weighted by atomic mass is 79.9. The van der Waals surface area contributed by atoms with Crippen molar-refractivity contribution in [2.24, 2.45) is 4.99 Å². The van der Waals surface area contributed by atoms with E-state index in [4.69, 9.17) is 14.5 Å². The molecular weight excluding hydrogens is 536 g/mol. The summed E-state index contributed by atoms with van der Waals surface area (Å²) >= 11 is 7.14. The van der Waals surface area contributed by atoms with Crippen LogP contribution in [-0.4, -0.2) is 24.5 Å². The van der Waals surface area contributed by atoms with Crippen LogP contribution in [0.25, 0.3) is 0 Å². The third-order valence-corrected chi connectivity index (χ3v) is 6.51. The topological polar surface area (TPSA) is 63.1 Å². The number of hydrogen-bond acceptors (Lipinski definition) is 5. The van der Waals surface area contributed by atoms with Gasteiger partial charge in [0.25, 0.3) is 0 Å². The van der Waals surface area contributed by atoms with Crippen molar-refractivity contribution in [1.82, 2.24) is 5.32 Å². The van der Waals surface area contributed by atoms with E-state index in [9.17, 15) is 5.11 Å². The van der Waals surface area contributed by atoms with Crippen molar-refractivity contribution in [3.63, 3.8) is 0 Å². The SMILES string of the molecule is CCOc1cccc([C@@H]2CC(c3cccc(Br)c3)=N[C@H](c3ccc(OC)c(Br)c3)N2)c1O. The number of phenolic OH excluding ortho intramolecular Hbond substituents is 1. The molecule has 1 aliphatic rings. The Hall–Kier alpha value is -2.35. The summed E-state index contributed by atoms with van der Waals surface area (Å²) in [6.45, 7) is 2.39. The molecule has 7 heteroatoms. The maximum atomic E-state index is 10.9. The molecule has 2 atom stereocenters. The first-order chi connectivity index (χ1) is 15.5. The van der Waals surface area contributed by atoms with Gasteiger partial charge < -0.3 is 14.6 Å². The second-order valence-corrected chi connectivity index (χ2v) is 9.20. The van der Waals surface area contributed by atoms with Gasteiger partial charge >= 0.3 is 0 Å². The maximum absolute atomic E-state index is 10.9. The first-order valence-electron chi connectivity index (χ1n) is 10.4. The van der Waals surface area contributed by atoms with E-state index < -0.39 is 0 Å². The second kappa shape index (κ2) is 10.1. The maximum Gasteiger partial charge on any atom is 0.162 e. The first kappa shape index (κ1) is 22.8. The zero-order chi connectivity index (χ0) is 22.7. The molecule has 0 spiro atoms. The van der Waals surface area contributed by atoms with E-state index in [1.54, 1.807) is 13.2 Å². The molecule has 166 valence electrons. The van der Waals surface area contributed by atoms with E-state index >= 15 is 0 Å². The molecule has 0 aromatic heterocycles. The molecule has 4 rings (SSSR count). The molecule has 5 nitrogen and oxygen atoms in total. The van der Waals surface area contributed by atoms with Crippen molar-refractivity contribution in [2.45, 2.75) is 25.6 Å². The lowest BCUT2D eigenvalue weighted by molar-refractivity contribution is 0.313. The van der Waals surface area contributed by atoms with Crippen LogP contribution in [-0.2, 0) is 0 Å².